The van der Waals surface area contributed by atoms with Crippen LogP contribution in [0, 0.1) is 0 Å². The van der Waals surface area contributed by atoms with Gasteiger partial charge < -0.3 is 9.53 Å². The van der Waals surface area contributed by atoms with Gasteiger partial charge in [-0.2, -0.15) is 0 Å². The van der Waals surface area contributed by atoms with E-state index in [-0.39, 0.29) is 6.10 Å². The summed E-state index contributed by atoms with van der Waals surface area (Å²) in [6.45, 7) is 4.11. The lowest BCUT2D eigenvalue weighted by Crippen LogP contribution is -2.10. The van der Waals surface area contributed by atoms with Crippen LogP contribution in [0.2, 0.25) is 0 Å². The molecule has 16 heavy (non-hydrogen) atoms. The van der Waals surface area contributed by atoms with Gasteiger partial charge in [-0.05, 0) is 37.5 Å². The van der Waals surface area contributed by atoms with Crippen molar-refractivity contribution in [2.45, 2.75) is 38.2 Å². The molecule has 0 aliphatic rings. The Morgan fingerprint density at radius 1 is 1.50 bits per heavy atom. The SMILES string of the molecule is CCC(C)Oc1cccc(CC(Cl)C=O)c1. The molecule has 0 radical (unpaired) electrons. The van der Waals surface area contributed by atoms with Gasteiger partial charge in [0.1, 0.15) is 12.0 Å². The first-order valence-electron chi connectivity index (χ1n) is 5.50. The molecule has 1 rings (SSSR count). The third-order valence-electron chi connectivity index (χ3n) is 2.39. The minimum atomic E-state index is -0.459. The van der Waals surface area contributed by atoms with Gasteiger partial charge in [-0.1, -0.05) is 19.1 Å². The molecule has 3 heteroatoms. The topological polar surface area (TPSA) is 26.3 Å². The Hall–Kier alpha value is -1.02. The van der Waals surface area contributed by atoms with E-state index < -0.39 is 5.38 Å². The second-order valence-electron chi connectivity index (χ2n) is 3.84. The van der Waals surface area contributed by atoms with E-state index in [4.69, 9.17) is 16.3 Å². The average molecular weight is 241 g/mol. The van der Waals surface area contributed by atoms with Crippen molar-refractivity contribution in [2.24, 2.45) is 0 Å². The lowest BCUT2D eigenvalue weighted by atomic mass is 10.1. The minimum Gasteiger partial charge on any atom is -0.491 e. The Balaban J connectivity index is 2.67. The van der Waals surface area contributed by atoms with Gasteiger partial charge in [0.05, 0.1) is 11.5 Å². The second kappa shape index (κ2) is 6.54. The predicted molar refractivity (Wildman–Crippen MR) is 66.2 cm³/mol. The fraction of sp³-hybridized carbons (Fsp3) is 0.462. The number of halogens is 1. The van der Waals surface area contributed by atoms with Crippen molar-refractivity contribution in [1.29, 1.82) is 0 Å². The Kier molecular flexibility index (Phi) is 5.33. The molecule has 1 aromatic rings. The summed E-state index contributed by atoms with van der Waals surface area (Å²) in [5.74, 6) is 0.835. The van der Waals surface area contributed by atoms with E-state index in [2.05, 4.69) is 6.92 Å². The van der Waals surface area contributed by atoms with Crippen LogP contribution in [0.5, 0.6) is 5.75 Å². The van der Waals surface area contributed by atoms with Crippen LogP contribution in [0.25, 0.3) is 0 Å². The fourth-order valence-corrected chi connectivity index (χ4v) is 1.51. The van der Waals surface area contributed by atoms with Crippen LogP contribution in [-0.2, 0) is 11.2 Å². The second-order valence-corrected chi connectivity index (χ2v) is 4.40. The molecule has 0 fully saturated rings. The highest BCUT2D eigenvalue weighted by atomic mass is 35.5. The molecule has 88 valence electrons. The first-order valence-corrected chi connectivity index (χ1v) is 5.94. The molecule has 0 saturated heterocycles. The third kappa shape index (κ3) is 4.23. The van der Waals surface area contributed by atoms with Crippen LogP contribution < -0.4 is 4.74 Å². The molecule has 0 aliphatic carbocycles. The van der Waals surface area contributed by atoms with Crippen LogP contribution in [0.15, 0.2) is 24.3 Å². The van der Waals surface area contributed by atoms with E-state index in [9.17, 15) is 4.79 Å². The highest BCUT2D eigenvalue weighted by Crippen LogP contribution is 2.17. The average Bonchev–Trinajstić information content (AvgIpc) is 2.29. The maximum atomic E-state index is 10.5. The van der Waals surface area contributed by atoms with Crippen LogP contribution in [-0.4, -0.2) is 17.8 Å². The first-order chi connectivity index (χ1) is 7.65. The Bertz CT molecular complexity index is 338. The van der Waals surface area contributed by atoms with Crippen molar-refractivity contribution in [2.75, 3.05) is 0 Å². The van der Waals surface area contributed by atoms with E-state index in [0.29, 0.717) is 6.42 Å². The number of aldehydes is 1. The monoisotopic (exact) mass is 240 g/mol. The summed E-state index contributed by atoms with van der Waals surface area (Å²) in [4.78, 5) is 10.5. The van der Waals surface area contributed by atoms with Gasteiger partial charge in [0, 0.05) is 0 Å². The molecule has 0 aromatic heterocycles. The van der Waals surface area contributed by atoms with Gasteiger partial charge in [0.25, 0.3) is 0 Å². The first kappa shape index (κ1) is 13.0. The molecule has 0 N–H and O–H groups in total. The third-order valence-corrected chi connectivity index (χ3v) is 2.65. The van der Waals surface area contributed by atoms with Gasteiger partial charge in [-0.25, -0.2) is 0 Å². The number of hydrogen-bond donors (Lipinski definition) is 0. The quantitative estimate of drug-likeness (QED) is 0.564. The highest BCUT2D eigenvalue weighted by molar-refractivity contribution is 6.27. The summed E-state index contributed by atoms with van der Waals surface area (Å²) in [6.07, 6.45) is 2.47. The molecule has 0 amide bonds. The molecule has 1 aromatic carbocycles. The largest absolute Gasteiger partial charge is 0.491 e. The number of carbonyl (C=O) groups excluding carboxylic acids is 1. The zero-order chi connectivity index (χ0) is 12.0. The predicted octanol–water partition coefficient (Wildman–Crippen LogP) is 3.21. The molecule has 0 heterocycles. The number of alkyl halides is 1. The smallest absolute Gasteiger partial charge is 0.138 e. The Morgan fingerprint density at radius 2 is 2.25 bits per heavy atom. The number of hydrogen-bond acceptors (Lipinski definition) is 2. The molecule has 2 unspecified atom stereocenters. The molecule has 0 aliphatic heterocycles. The molecular weight excluding hydrogens is 224 g/mol. The van der Waals surface area contributed by atoms with Gasteiger partial charge in [-0.3, -0.25) is 0 Å². The van der Waals surface area contributed by atoms with Crippen LogP contribution in [0.3, 0.4) is 0 Å². The van der Waals surface area contributed by atoms with Gasteiger partial charge in [0.2, 0.25) is 0 Å². The van der Waals surface area contributed by atoms with Gasteiger partial charge in [-0.15, -0.1) is 11.6 Å². The summed E-state index contributed by atoms with van der Waals surface area (Å²) < 4.78 is 5.69. The van der Waals surface area contributed by atoms with E-state index >= 15 is 0 Å². The van der Waals surface area contributed by atoms with E-state index in [1.165, 1.54) is 0 Å². The van der Waals surface area contributed by atoms with Crippen molar-refractivity contribution in [3.05, 3.63) is 29.8 Å². The number of rotatable bonds is 6. The molecule has 0 saturated carbocycles. The zero-order valence-electron chi connectivity index (χ0n) is 9.65. The lowest BCUT2D eigenvalue weighted by Gasteiger charge is -2.13. The van der Waals surface area contributed by atoms with E-state index in [0.717, 1.165) is 24.0 Å². The highest BCUT2D eigenvalue weighted by Gasteiger charge is 2.06. The van der Waals surface area contributed by atoms with Crippen LogP contribution in [0.4, 0.5) is 0 Å². The van der Waals surface area contributed by atoms with Crippen LogP contribution in [0.1, 0.15) is 25.8 Å². The molecule has 0 bridgehead atoms. The number of carbonyl (C=O) groups is 1. The summed E-state index contributed by atoms with van der Waals surface area (Å²) in [5, 5.41) is -0.459. The molecule has 2 atom stereocenters. The summed E-state index contributed by atoms with van der Waals surface area (Å²) in [5.41, 5.74) is 1.02. The standard InChI is InChI=1S/C13H17ClO2/c1-3-10(2)16-13-6-4-5-11(8-13)7-12(14)9-15/h4-6,8-10,12H,3,7H2,1-2H3. The summed E-state index contributed by atoms with van der Waals surface area (Å²) >= 11 is 5.78. The fourth-order valence-electron chi connectivity index (χ4n) is 1.33. The maximum absolute atomic E-state index is 10.5. The van der Waals surface area contributed by atoms with Crippen LogP contribution >= 0.6 is 11.6 Å². The van der Waals surface area contributed by atoms with Crippen molar-refractivity contribution < 1.29 is 9.53 Å². The molecular formula is C13H17ClO2. The van der Waals surface area contributed by atoms with E-state index in [1.54, 1.807) is 0 Å². The molecule has 2 nitrogen and oxygen atoms in total. The van der Waals surface area contributed by atoms with E-state index in [1.807, 2.05) is 31.2 Å². The zero-order valence-corrected chi connectivity index (χ0v) is 10.4. The number of benzene rings is 1. The van der Waals surface area contributed by atoms with Gasteiger partial charge >= 0.3 is 0 Å². The summed E-state index contributed by atoms with van der Waals surface area (Å²) in [6, 6.07) is 7.72. The van der Waals surface area contributed by atoms with Crippen molar-refractivity contribution in [3.63, 3.8) is 0 Å². The van der Waals surface area contributed by atoms with Crippen molar-refractivity contribution >= 4 is 17.9 Å². The number of ether oxygens (including phenoxy) is 1. The molecule has 0 spiro atoms. The van der Waals surface area contributed by atoms with Gasteiger partial charge in [0.15, 0.2) is 0 Å². The van der Waals surface area contributed by atoms with Crippen molar-refractivity contribution in [1.82, 2.24) is 0 Å². The Labute approximate surface area is 102 Å². The normalized spacial score (nSPS) is 14.2. The lowest BCUT2D eigenvalue weighted by molar-refractivity contribution is -0.107. The minimum absolute atomic E-state index is 0.202. The summed E-state index contributed by atoms with van der Waals surface area (Å²) in [7, 11) is 0. The maximum Gasteiger partial charge on any atom is 0.138 e. The van der Waals surface area contributed by atoms with Crippen molar-refractivity contribution in [3.8, 4) is 5.75 Å². The Morgan fingerprint density at radius 3 is 2.88 bits per heavy atom.